The van der Waals surface area contributed by atoms with Gasteiger partial charge in [0.1, 0.15) is 59.8 Å². The lowest BCUT2D eigenvalue weighted by Gasteiger charge is -2.30. The molecule has 0 fully saturated rings. The molecule has 0 spiro atoms. The third kappa shape index (κ3) is 22.3. The van der Waals surface area contributed by atoms with E-state index in [1.807, 2.05) is 0 Å². The van der Waals surface area contributed by atoms with Crippen molar-refractivity contribution in [3.63, 3.8) is 0 Å². The van der Waals surface area contributed by atoms with Crippen LogP contribution in [-0.4, -0.2) is 152 Å². The number of amides is 8. The molecule has 0 saturated heterocycles. The number of aliphatic hydroxyl groups is 1. The highest BCUT2D eigenvalue weighted by atomic mass is 16.4. The Labute approximate surface area is 464 Å². The van der Waals surface area contributed by atoms with Crippen LogP contribution < -0.4 is 54.0 Å². The fraction of sp³-hybridized carbons (Fsp3) is 0.491. The Morgan fingerprint density at radius 2 is 0.925 bits per heavy atom. The van der Waals surface area contributed by atoms with E-state index in [1.165, 1.54) is 43.3 Å². The smallest absolute Gasteiger partial charge is 0.326 e. The predicted octanol–water partition coefficient (Wildman–Crippen LogP) is -0.876. The number of carboxylic acid groups (broad SMARTS) is 2. The molecule has 0 unspecified atom stereocenters. The van der Waals surface area contributed by atoms with Crippen LogP contribution in [0.4, 0.5) is 0 Å². The van der Waals surface area contributed by atoms with Crippen LogP contribution in [0, 0.1) is 11.8 Å². The molecule has 0 aliphatic rings. The molecule has 10 atom stereocenters. The first-order valence-electron chi connectivity index (χ1n) is 26.4. The van der Waals surface area contributed by atoms with Gasteiger partial charge >= 0.3 is 11.9 Å². The molecule has 3 aromatic carbocycles. The number of carboxylic acids is 2. The van der Waals surface area contributed by atoms with E-state index in [1.54, 1.807) is 70.2 Å². The summed E-state index contributed by atoms with van der Waals surface area (Å²) in [6, 6.07) is 7.55. The Balaban J connectivity index is 1.87. The van der Waals surface area contributed by atoms with Crippen LogP contribution in [0.15, 0.2) is 78.9 Å². The van der Waals surface area contributed by atoms with Crippen LogP contribution in [0.5, 0.6) is 11.5 Å². The summed E-state index contributed by atoms with van der Waals surface area (Å²) in [6.45, 7) is 7.05. The summed E-state index contributed by atoms with van der Waals surface area (Å²) in [4.78, 5) is 135. The van der Waals surface area contributed by atoms with Crippen LogP contribution in [0.1, 0.15) is 89.8 Å². The van der Waals surface area contributed by atoms with E-state index in [4.69, 9.17) is 11.5 Å². The second-order valence-electron chi connectivity index (χ2n) is 19.9. The molecule has 8 amide bonds. The molecule has 25 heteroatoms. The number of phenolic OH excluding ortho intramolecular Hbond substituents is 2. The van der Waals surface area contributed by atoms with Gasteiger partial charge in [-0.2, -0.15) is 0 Å². The SMILES string of the molecule is CC[C@H](C)[C@H](NC(=O)[C@H](CCCCN)NC(=O)[C@H](CCC(=O)O)NC(=O)[C@H](CO)NC(=O)[C@H](C)NC(=O)[C@@H](N)Cc1ccc(O)cc1)C(=O)N[C@@H](Cc1ccccc1)C(=O)N[C@@H](Cc1ccc(O)cc1)C(=O)N[C@H](C(=O)O)C(C)C. The molecular weight excluding hydrogens is 1040 g/mol. The molecule has 0 radical (unpaired) electrons. The van der Waals surface area contributed by atoms with E-state index in [0.29, 0.717) is 29.5 Å². The zero-order valence-electron chi connectivity index (χ0n) is 45.6. The topological polar surface area (TPSA) is 420 Å². The number of aliphatic hydroxyl groups excluding tert-OH is 1. The van der Waals surface area contributed by atoms with Crippen molar-refractivity contribution in [2.75, 3.05) is 13.2 Å². The first-order chi connectivity index (χ1) is 37.9. The maximum atomic E-state index is 14.5. The van der Waals surface area contributed by atoms with Crippen molar-refractivity contribution in [1.82, 2.24) is 42.5 Å². The van der Waals surface area contributed by atoms with E-state index in [-0.39, 0.29) is 50.1 Å². The molecule has 0 aromatic heterocycles. The number of phenols is 2. The molecule has 0 heterocycles. The largest absolute Gasteiger partial charge is 0.508 e. The summed E-state index contributed by atoms with van der Waals surface area (Å²) < 4.78 is 0. The fourth-order valence-corrected chi connectivity index (χ4v) is 8.09. The normalized spacial score (nSPS) is 14.9. The second-order valence-corrected chi connectivity index (χ2v) is 19.9. The van der Waals surface area contributed by atoms with Gasteiger partial charge in [-0.25, -0.2) is 4.79 Å². The second kappa shape index (κ2) is 33.3. The lowest BCUT2D eigenvalue weighted by atomic mass is 9.96. The van der Waals surface area contributed by atoms with Gasteiger partial charge in [-0.15, -0.1) is 0 Å². The predicted molar refractivity (Wildman–Crippen MR) is 292 cm³/mol. The van der Waals surface area contributed by atoms with Crippen molar-refractivity contribution in [2.45, 2.75) is 147 Å². The molecule has 17 N–H and O–H groups in total. The van der Waals surface area contributed by atoms with E-state index >= 15 is 0 Å². The van der Waals surface area contributed by atoms with Crippen LogP contribution >= 0.6 is 0 Å². The summed E-state index contributed by atoms with van der Waals surface area (Å²) in [5, 5.41) is 69.2. The molecule has 3 rings (SSSR count). The summed E-state index contributed by atoms with van der Waals surface area (Å²) in [6.07, 6.45) is -0.532. The number of nitrogens with one attached hydrogen (secondary N) is 8. The molecule has 0 aliphatic carbocycles. The molecule has 80 heavy (non-hydrogen) atoms. The highest BCUT2D eigenvalue weighted by Crippen LogP contribution is 2.16. The van der Waals surface area contributed by atoms with E-state index < -0.39 is 145 Å². The lowest BCUT2D eigenvalue weighted by molar-refractivity contribution is -0.143. The van der Waals surface area contributed by atoms with Gasteiger partial charge in [0.25, 0.3) is 0 Å². The van der Waals surface area contributed by atoms with Crippen molar-refractivity contribution in [3.05, 3.63) is 95.6 Å². The Bertz CT molecular complexity index is 2550. The lowest BCUT2D eigenvalue weighted by Crippen LogP contribution is -2.61. The quantitative estimate of drug-likeness (QED) is 0.0323. The van der Waals surface area contributed by atoms with Gasteiger partial charge in [-0.1, -0.05) is 88.7 Å². The summed E-state index contributed by atoms with van der Waals surface area (Å²) in [5.41, 5.74) is 13.5. The third-order valence-corrected chi connectivity index (χ3v) is 13.1. The first kappa shape index (κ1) is 66.1. The third-order valence-electron chi connectivity index (χ3n) is 13.1. The zero-order chi connectivity index (χ0) is 59.6. The summed E-state index contributed by atoms with van der Waals surface area (Å²) in [5.74, 6) is -11.1. The maximum Gasteiger partial charge on any atom is 0.326 e. The fourth-order valence-electron chi connectivity index (χ4n) is 8.09. The number of hydrogen-bond acceptors (Lipinski definition) is 15. The highest BCUT2D eigenvalue weighted by Gasteiger charge is 2.36. The number of aliphatic carboxylic acids is 2. The number of hydrogen-bond donors (Lipinski definition) is 15. The Morgan fingerprint density at radius 3 is 1.43 bits per heavy atom. The number of carbonyl (C=O) groups excluding carboxylic acids is 8. The number of carbonyl (C=O) groups is 10. The van der Waals surface area contributed by atoms with Crippen molar-refractivity contribution in [3.8, 4) is 11.5 Å². The minimum Gasteiger partial charge on any atom is -0.508 e. The monoisotopic (exact) mass is 1120 g/mol. The minimum atomic E-state index is -1.73. The van der Waals surface area contributed by atoms with Crippen molar-refractivity contribution >= 4 is 59.2 Å². The van der Waals surface area contributed by atoms with Gasteiger partial charge in [-0.3, -0.25) is 43.2 Å². The number of benzene rings is 3. The Hall–Kier alpha value is -8.16. The Morgan fingerprint density at radius 1 is 0.487 bits per heavy atom. The van der Waals surface area contributed by atoms with E-state index in [9.17, 15) is 73.5 Å². The van der Waals surface area contributed by atoms with Gasteiger partial charge in [0.2, 0.25) is 47.3 Å². The molecule has 0 aliphatic heterocycles. The highest BCUT2D eigenvalue weighted by molar-refractivity contribution is 5.98. The number of aromatic hydroxyl groups is 2. The summed E-state index contributed by atoms with van der Waals surface area (Å²) in [7, 11) is 0. The van der Waals surface area contributed by atoms with Crippen LogP contribution in [0.3, 0.4) is 0 Å². The van der Waals surface area contributed by atoms with Crippen LogP contribution in [0.2, 0.25) is 0 Å². The van der Waals surface area contributed by atoms with Crippen molar-refractivity contribution < 1.29 is 73.5 Å². The zero-order valence-corrected chi connectivity index (χ0v) is 45.6. The average Bonchev–Trinajstić information content (AvgIpc) is 3.41. The van der Waals surface area contributed by atoms with E-state index in [2.05, 4.69) is 42.5 Å². The average molecular weight is 1120 g/mol. The number of rotatable bonds is 34. The molecule has 0 saturated carbocycles. The first-order valence-corrected chi connectivity index (χ1v) is 26.4. The van der Waals surface area contributed by atoms with Gasteiger partial charge in [0, 0.05) is 19.3 Å². The van der Waals surface area contributed by atoms with Crippen molar-refractivity contribution in [2.24, 2.45) is 23.3 Å². The molecular formula is C55H78N10O15. The molecule has 0 bridgehead atoms. The summed E-state index contributed by atoms with van der Waals surface area (Å²) >= 11 is 0. The van der Waals surface area contributed by atoms with E-state index in [0.717, 1.165) is 0 Å². The Kier molecular flexibility index (Phi) is 27.5. The van der Waals surface area contributed by atoms with Gasteiger partial charge in [-0.05, 0) is 98.4 Å². The van der Waals surface area contributed by atoms with Crippen LogP contribution in [0.25, 0.3) is 0 Å². The standard InChI is InChI=1S/C55H78N10O15/c1-6-31(4)46(54(78)62-41(27-33-12-8-7-9-13-33)51(75)61-42(28-35-17-21-37(68)22-18-35)52(76)64-45(30(2)3)55(79)80)65-50(74)39(14-10-11-25-56)59-49(73)40(23-24-44(69)70)60-53(77)43(29-66)63-47(71)32(5)58-48(72)38(57)26-34-15-19-36(67)20-16-34/h7-9,12-13,15-22,30-32,38-43,45-46,66-68H,6,10-11,14,23-29,56-57H2,1-5H3,(H,58,72)(H,59,73)(H,60,77)(H,61,75)(H,62,78)(H,63,71)(H,64,76)(H,65,74)(H,69,70)(H,79,80)/t31-,32-,38-,39-,40-,41-,42-,43-,45-,46-/m0/s1. The molecule has 438 valence electrons. The van der Waals surface area contributed by atoms with Gasteiger partial charge in [0.05, 0.1) is 12.6 Å². The number of unbranched alkanes of at least 4 members (excludes halogenated alkanes) is 1. The van der Waals surface area contributed by atoms with Gasteiger partial charge in [0.15, 0.2) is 0 Å². The van der Waals surface area contributed by atoms with Crippen molar-refractivity contribution in [1.29, 1.82) is 0 Å². The van der Waals surface area contributed by atoms with Crippen LogP contribution in [-0.2, 0) is 67.2 Å². The number of nitrogens with two attached hydrogens (primary N) is 2. The minimum absolute atomic E-state index is 0.00849. The molecule has 3 aromatic rings. The van der Waals surface area contributed by atoms with Gasteiger partial charge < -0.3 is 79.5 Å². The molecule has 25 nitrogen and oxygen atoms in total. The maximum absolute atomic E-state index is 14.5.